The quantitative estimate of drug-likeness (QED) is 0.591. The van der Waals surface area contributed by atoms with Crippen LogP contribution in [-0.4, -0.2) is 29.7 Å². The van der Waals surface area contributed by atoms with Crippen LogP contribution in [0.5, 0.6) is 0 Å². The van der Waals surface area contributed by atoms with E-state index in [1.165, 1.54) is 0 Å². The zero-order valence-corrected chi connectivity index (χ0v) is 8.10. The summed E-state index contributed by atoms with van der Waals surface area (Å²) in [6.07, 6.45) is 0.976. The number of nitrogens with zero attached hydrogens (tertiary/aromatic N) is 1. The van der Waals surface area contributed by atoms with Gasteiger partial charge in [0.2, 0.25) is 5.91 Å². The lowest BCUT2D eigenvalue weighted by Gasteiger charge is -2.15. The summed E-state index contributed by atoms with van der Waals surface area (Å²) in [7, 11) is 3.59. The third-order valence-corrected chi connectivity index (χ3v) is 3.36. The minimum absolute atomic E-state index is 0.108. The van der Waals surface area contributed by atoms with Gasteiger partial charge in [0, 0.05) is 18.9 Å². The van der Waals surface area contributed by atoms with Gasteiger partial charge in [0.15, 0.2) is 0 Å². The Hall–Kier alpha value is -0.0500. The van der Waals surface area contributed by atoms with Crippen molar-refractivity contribution in [1.82, 2.24) is 4.90 Å². The Morgan fingerprint density at radius 1 is 1.70 bits per heavy atom. The van der Waals surface area contributed by atoms with Crippen molar-refractivity contribution in [1.29, 1.82) is 0 Å². The Morgan fingerprint density at radius 2 is 2.10 bits per heavy atom. The van der Waals surface area contributed by atoms with Crippen LogP contribution in [0.15, 0.2) is 0 Å². The zero-order chi connectivity index (χ0) is 7.94. The fourth-order valence-corrected chi connectivity index (χ4v) is 1.91. The molecule has 1 aliphatic carbocycles. The van der Waals surface area contributed by atoms with Gasteiger partial charge in [-0.1, -0.05) is 15.9 Å². The van der Waals surface area contributed by atoms with Crippen LogP contribution >= 0.6 is 15.9 Å². The maximum absolute atomic E-state index is 11.3. The van der Waals surface area contributed by atoms with Gasteiger partial charge < -0.3 is 4.90 Å². The summed E-state index contributed by atoms with van der Waals surface area (Å²) in [5.74, 6) is 0.231. The van der Waals surface area contributed by atoms with Gasteiger partial charge >= 0.3 is 0 Å². The molecule has 10 heavy (non-hydrogen) atoms. The van der Waals surface area contributed by atoms with E-state index in [2.05, 4.69) is 15.9 Å². The molecule has 0 aromatic heterocycles. The van der Waals surface area contributed by atoms with Crippen LogP contribution in [-0.2, 0) is 4.79 Å². The van der Waals surface area contributed by atoms with Crippen LogP contribution in [0, 0.1) is 5.41 Å². The molecular weight excluding hydrogens is 194 g/mol. The molecule has 1 aliphatic rings. The lowest BCUT2D eigenvalue weighted by molar-refractivity contribution is -0.133. The Kier molecular flexibility index (Phi) is 1.79. The summed E-state index contributed by atoms with van der Waals surface area (Å²) in [5.41, 5.74) is -0.108. The molecule has 0 bridgehead atoms. The fraction of sp³-hybridized carbons (Fsp3) is 0.857. The number of alkyl halides is 1. The van der Waals surface area contributed by atoms with Gasteiger partial charge in [0.25, 0.3) is 0 Å². The molecule has 2 nitrogen and oxygen atoms in total. The second-order valence-corrected chi connectivity index (χ2v) is 4.39. The van der Waals surface area contributed by atoms with E-state index in [9.17, 15) is 4.79 Å². The predicted molar refractivity (Wildman–Crippen MR) is 44.1 cm³/mol. The second kappa shape index (κ2) is 2.22. The van der Waals surface area contributed by atoms with E-state index >= 15 is 0 Å². The molecule has 0 spiro atoms. The molecular formula is C7H12BrNO. The third kappa shape index (κ3) is 1.07. The second-order valence-electron chi connectivity index (χ2n) is 3.29. The van der Waals surface area contributed by atoms with Crippen LogP contribution in [0.3, 0.4) is 0 Å². The highest BCUT2D eigenvalue weighted by Crippen LogP contribution is 2.51. The van der Waals surface area contributed by atoms with E-state index in [4.69, 9.17) is 0 Å². The van der Waals surface area contributed by atoms with Gasteiger partial charge in [0.1, 0.15) is 0 Å². The number of carbonyl (C=O) groups is 1. The maximum atomic E-state index is 11.3. The molecule has 0 aromatic carbocycles. The summed E-state index contributed by atoms with van der Waals surface area (Å²) >= 11 is 3.43. The van der Waals surface area contributed by atoms with Crippen molar-refractivity contribution in [2.45, 2.75) is 18.2 Å². The lowest BCUT2D eigenvalue weighted by Crippen LogP contribution is -2.30. The molecule has 0 saturated heterocycles. The lowest BCUT2D eigenvalue weighted by atomic mass is 10.1. The Balaban J connectivity index is 2.59. The number of carbonyl (C=O) groups excluding carboxylic acids is 1. The molecule has 3 heteroatoms. The SMILES string of the molecule is CN(C)C(=O)C1(C)CC1Br. The molecule has 0 aromatic rings. The Morgan fingerprint density at radius 3 is 2.20 bits per heavy atom. The average Bonchev–Trinajstić information content (AvgIpc) is 2.41. The number of amides is 1. The molecule has 2 atom stereocenters. The maximum Gasteiger partial charge on any atom is 0.229 e. The first-order valence-corrected chi connectivity index (χ1v) is 4.26. The molecule has 1 fully saturated rings. The molecule has 0 heterocycles. The number of hydrogen-bond donors (Lipinski definition) is 0. The smallest absolute Gasteiger partial charge is 0.229 e. The molecule has 1 amide bonds. The van der Waals surface area contributed by atoms with Crippen LogP contribution in [0.25, 0.3) is 0 Å². The van der Waals surface area contributed by atoms with Crippen molar-refractivity contribution in [3.05, 3.63) is 0 Å². The first-order valence-electron chi connectivity index (χ1n) is 3.34. The molecule has 0 aliphatic heterocycles. The van der Waals surface area contributed by atoms with Crippen molar-refractivity contribution in [3.63, 3.8) is 0 Å². The fourth-order valence-electron chi connectivity index (χ4n) is 1.05. The predicted octanol–water partition coefficient (Wildman–Crippen LogP) is 1.25. The van der Waals surface area contributed by atoms with Crippen LogP contribution in [0.2, 0.25) is 0 Å². The minimum atomic E-state index is -0.108. The first-order chi connectivity index (χ1) is 4.48. The highest BCUT2D eigenvalue weighted by Gasteiger charge is 2.55. The number of rotatable bonds is 1. The topological polar surface area (TPSA) is 20.3 Å². The molecule has 58 valence electrons. The first kappa shape index (κ1) is 8.05. The summed E-state index contributed by atoms with van der Waals surface area (Å²) in [6, 6.07) is 0. The number of hydrogen-bond acceptors (Lipinski definition) is 1. The normalized spacial score (nSPS) is 37.4. The van der Waals surface area contributed by atoms with Gasteiger partial charge in [-0.05, 0) is 13.3 Å². The van der Waals surface area contributed by atoms with Gasteiger partial charge in [0.05, 0.1) is 5.41 Å². The van der Waals surface area contributed by atoms with E-state index in [0.717, 1.165) is 6.42 Å². The highest BCUT2D eigenvalue weighted by molar-refractivity contribution is 9.09. The van der Waals surface area contributed by atoms with Gasteiger partial charge in [-0.15, -0.1) is 0 Å². The van der Waals surface area contributed by atoms with Crippen LogP contribution in [0.4, 0.5) is 0 Å². The summed E-state index contributed by atoms with van der Waals surface area (Å²) < 4.78 is 0. The van der Waals surface area contributed by atoms with Crippen LogP contribution in [0.1, 0.15) is 13.3 Å². The largest absolute Gasteiger partial charge is 0.348 e. The van der Waals surface area contributed by atoms with Crippen LogP contribution < -0.4 is 0 Å². The van der Waals surface area contributed by atoms with Crippen molar-refractivity contribution < 1.29 is 4.79 Å². The molecule has 0 N–H and O–H groups in total. The van der Waals surface area contributed by atoms with E-state index in [1.807, 2.05) is 6.92 Å². The molecule has 1 saturated carbocycles. The third-order valence-electron chi connectivity index (χ3n) is 2.03. The Bertz CT molecular complexity index is 169. The van der Waals surface area contributed by atoms with Gasteiger partial charge in [-0.25, -0.2) is 0 Å². The van der Waals surface area contributed by atoms with Gasteiger partial charge in [-0.3, -0.25) is 4.79 Å². The Labute approximate surface area is 69.7 Å². The monoisotopic (exact) mass is 205 g/mol. The molecule has 1 rings (SSSR count). The average molecular weight is 206 g/mol. The van der Waals surface area contributed by atoms with Crippen molar-refractivity contribution in [2.75, 3.05) is 14.1 Å². The minimum Gasteiger partial charge on any atom is -0.348 e. The van der Waals surface area contributed by atoms with E-state index in [1.54, 1.807) is 19.0 Å². The van der Waals surface area contributed by atoms with Crippen molar-refractivity contribution in [3.8, 4) is 0 Å². The summed E-state index contributed by atoms with van der Waals surface area (Å²) in [5, 5.41) is 0. The zero-order valence-electron chi connectivity index (χ0n) is 6.52. The summed E-state index contributed by atoms with van der Waals surface area (Å²) in [4.78, 5) is 13.4. The van der Waals surface area contributed by atoms with E-state index in [-0.39, 0.29) is 11.3 Å². The van der Waals surface area contributed by atoms with Gasteiger partial charge in [-0.2, -0.15) is 0 Å². The molecule has 2 unspecified atom stereocenters. The highest BCUT2D eigenvalue weighted by atomic mass is 79.9. The standard InChI is InChI=1S/C7H12BrNO/c1-7(4-5(7)8)6(10)9(2)3/h5H,4H2,1-3H3. The van der Waals surface area contributed by atoms with E-state index in [0.29, 0.717) is 4.83 Å². The van der Waals surface area contributed by atoms with E-state index < -0.39 is 0 Å². The van der Waals surface area contributed by atoms with Crippen molar-refractivity contribution in [2.24, 2.45) is 5.41 Å². The summed E-state index contributed by atoms with van der Waals surface area (Å²) in [6.45, 7) is 1.99. The number of halogens is 1. The van der Waals surface area contributed by atoms with Crippen molar-refractivity contribution >= 4 is 21.8 Å². The molecule has 0 radical (unpaired) electrons.